The maximum absolute atomic E-state index is 4.62. The number of nitrogens with one attached hydrogen (secondary N) is 1. The van der Waals surface area contributed by atoms with Crippen LogP contribution in [0.1, 0.15) is 30.2 Å². The fraction of sp³-hybridized carbons (Fsp3) is 0.235. The average Bonchev–Trinajstić information content (AvgIpc) is 3.18. The number of nitrogens with zero attached hydrogens (tertiary/aromatic N) is 7. The lowest BCUT2D eigenvalue weighted by molar-refractivity contribution is 0.758. The van der Waals surface area contributed by atoms with Crippen molar-refractivity contribution in [2.75, 3.05) is 5.32 Å². The highest BCUT2D eigenvalue weighted by molar-refractivity contribution is 5.41. The zero-order valence-electron chi connectivity index (χ0n) is 14.2. The molecule has 8 heteroatoms. The van der Waals surface area contributed by atoms with Crippen molar-refractivity contribution in [2.24, 2.45) is 0 Å². The SMILES string of the molecule is Cc1cc(C)n(-c2cncc(N[C@@H](C)c3nnc4ccccn34)n2)n1. The van der Waals surface area contributed by atoms with Crippen LogP contribution in [0.15, 0.2) is 42.9 Å². The molecule has 0 radical (unpaired) electrons. The molecule has 4 rings (SSSR count). The van der Waals surface area contributed by atoms with Crippen LogP contribution in [0.5, 0.6) is 0 Å². The predicted molar refractivity (Wildman–Crippen MR) is 93.7 cm³/mol. The van der Waals surface area contributed by atoms with E-state index in [1.165, 1.54) is 0 Å². The first-order chi connectivity index (χ1) is 12.1. The normalized spacial score (nSPS) is 12.4. The van der Waals surface area contributed by atoms with Crippen LogP contribution in [0.2, 0.25) is 0 Å². The molecule has 1 atom stereocenters. The summed E-state index contributed by atoms with van der Waals surface area (Å²) in [5.74, 6) is 2.15. The molecule has 1 N–H and O–H groups in total. The lowest BCUT2D eigenvalue weighted by Crippen LogP contribution is -2.13. The Morgan fingerprint density at radius 2 is 2.00 bits per heavy atom. The van der Waals surface area contributed by atoms with Gasteiger partial charge in [-0.05, 0) is 39.0 Å². The van der Waals surface area contributed by atoms with Crippen LogP contribution in [0.4, 0.5) is 5.82 Å². The molecule has 0 aliphatic heterocycles. The van der Waals surface area contributed by atoms with Crippen molar-refractivity contribution in [3.63, 3.8) is 0 Å². The van der Waals surface area contributed by atoms with Crippen LogP contribution < -0.4 is 5.32 Å². The van der Waals surface area contributed by atoms with Gasteiger partial charge in [0.2, 0.25) is 0 Å². The summed E-state index contributed by atoms with van der Waals surface area (Å²) in [5.41, 5.74) is 2.77. The van der Waals surface area contributed by atoms with Gasteiger partial charge in [0.1, 0.15) is 5.82 Å². The lowest BCUT2D eigenvalue weighted by atomic mass is 10.3. The molecule has 0 saturated carbocycles. The molecule has 0 aliphatic carbocycles. The molecule has 0 spiro atoms. The minimum absolute atomic E-state index is 0.0811. The molecule has 0 fully saturated rings. The Hall–Kier alpha value is -3.29. The molecule has 4 heterocycles. The Morgan fingerprint density at radius 1 is 1.12 bits per heavy atom. The molecule has 0 aromatic carbocycles. The van der Waals surface area contributed by atoms with E-state index < -0.39 is 0 Å². The average molecular weight is 334 g/mol. The minimum atomic E-state index is -0.0811. The van der Waals surface area contributed by atoms with E-state index in [0.717, 1.165) is 22.9 Å². The Kier molecular flexibility index (Phi) is 3.64. The predicted octanol–water partition coefficient (Wildman–Crippen LogP) is 2.49. The van der Waals surface area contributed by atoms with Crippen molar-refractivity contribution in [3.8, 4) is 5.82 Å². The number of rotatable bonds is 4. The quantitative estimate of drug-likeness (QED) is 0.617. The van der Waals surface area contributed by atoms with Crippen LogP contribution >= 0.6 is 0 Å². The summed E-state index contributed by atoms with van der Waals surface area (Å²) < 4.78 is 3.74. The van der Waals surface area contributed by atoms with Gasteiger partial charge in [0.15, 0.2) is 17.3 Å². The Morgan fingerprint density at radius 3 is 2.80 bits per heavy atom. The molecule has 0 saturated heterocycles. The fourth-order valence-corrected chi connectivity index (χ4v) is 2.83. The first kappa shape index (κ1) is 15.3. The number of hydrogen-bond donors (Lipinski definition) is 1. The first-order valence-electron chi connectivity index (χ1n) is 8.04. The number of fused-ring (bicyclic) bond motifs is 1. The monoisotopic (exact) mass is 334 g/mol. The summed E-state index contributed by atoms with van der Waals surface area (Å²) in [5, 5.41) is 16.2. The van der Waals surface area contributed by atoms with Gasteiger partial charge in [0.25, 0.3) is 0 Å². The van der Waals surface area contributed by atoms with Crippen molar-refractivity contribution in [2.45, 2.75) is 26.8 Å². The number of aryl methyl sites for hydroxylation is 2. The van der Waals surface area contributed by atoms with E-state index in [1.807, 2.05) is 55.6 Å². The van der Waals surface area contributed by atoms with E-state index in [9.17, 15) is 0 Å². The molecule has 8 nitrogen and oxygen atoms in total. The first-order valence-corrected chi connectivity index (χ1v) is 8.04. The third-order valence-corrected chi connectivity index (χ3v) is 3.94. The lowest BCUT2D eigenvalue weighted by Gasteiger charge is -2.13. The van der Waals surface area contributed by atoms with Gasteiger partial charge in [-0.25, -0.2) is 9.67 Å². The van der Waals surface area contributed by atoms with Crippen LogP contribution in [0.25, 0.3) is 11.5 Å². The maximum atomic E-state index is 4.62. The molecular weight excluding hydrogens is 316 g/mol. The standard InChI is InChI=1S/C17H18N8/c1-11-8-12(2)25(23-11)16-10-18-9-14(20-16)19-13(3)17-22-21-15-6-4-5-7-24(15)17/h4-10,13H,1-3H3,(H,19,20)/t13-/m0/s1. The van der Waals surface area contributed by atoms with Crippen LogP contribution in [0, 0.1) is 13.8 Å². The molecule has 126 valence electrons. The number of pyridine rings is 1. The Balaban J connectivity index is 1.62. The van der Waals surface area contributed by atoms with Gasteiger partial charge < -0.3 is 5.32 Å². The van der Waals surface area contributed by atoms with Gasteiger partial charge in [-0.1, -0.05) is 6.07 Å². The van der Waals surface area contributed by atoms with Crippen molar-refractivity contribution in [1.29, 1.82) is 0 Å². The third-order valence-electron chi connectivity index (χ3n) is 3.94. The van der Waals surface area contributed by atoms with E-state index in [0.29, 0.717) is 11.6 Å². The summed E-state index contributed by atoms with van der Waals surface area (Å²) in [7, 11) is 0. The molecule has 0 bridgehead atoms. The molecule has 0 aliphatic rings. The second kappa shape index (κ2) is 5.97. The third kappa shape index (κ3) is 2.82. The summed E-state index contributed by atoms with van der Waals surface area (Å²) in [6.45, 7) is 5.96. The fourth-order valence-electron chi connectivity index (χ4n) is 2.83. The largest absolute Gasteiger partial charge is 0.359 e. The number of hydrogen-bond acceptors (Lipinski definition) is 6. The summed E-state index contributed by atoms with van der Waals surface area (Å²) in [6, 6.07) is 7.74. The van der Waals surface area contributed by atoms with Crippen LogP contribution in [-0.2, 0) is 0 Å². The Bertz CT molecular complexity index is 1030. The zero-order chi connectivity index (χ0) is 17.4. The smallest absolute Gasteiger partial charge is 0.174 e. The van der Waals surface area contributed by atoms with Crippen molar-refractivity contribution in [1.82, 2.24) is 34.3 Å². The van der Waals surface area contributed by atoms with E-state index in [-0.39, 0.29) is 6.04 Å². The van der Waals surface area contributed by atoms with Gasteiger partial charge in [-0.3, -0.25) is 9.38 Å². The van der Waals surface area contributed by atoms with Crippen molar-refractivity contribution < 1.29 is 0 Å². The second-order valence-corrected chi connectivity index (χ2v) is 5.95. The summed E-state index contributed by atoms with van der Waals surface area (Å²) in [6.07, 6.45) is 5.33. The summed E-state index contributed by atoms with van der Waals surface area (Å²) >= 11 is 0. The molecular formula is C17H18N8. The summed E-state index contributed by atoms with van der Waals surface area (Å²) in [4.78, 5) is 8.90. The van der Waals surface area contributed by atoms with Gasteiger partial charge in [0, 0.05) is 11.9 Å². The molecule has 25 heavy (non-hydrogen) atoms. The Labute approximate surface area is 144 Å². The minimum Gasteiger partial charge on any atom is -0.359 e. The van der Waals surface area contributed by atoms with Gasteiger partial charge in [0.05, 0.1) is 24.1 Å². The topological polar surface area (TPSA) is 85.8 Å². The molecule has 4 aromatic rings. The second-order valence-electron chi connectivity index (χ2n) is 5.95. The van der Waals surface area contributed by atoms with E-state index in [2.05, 4.69) is 30.6 Å². The van der Waals surface area contributed by atoms with Crippen molar-refractivity contribution in [3.05, 3.63) is 60.1 Å². The number of anilines is 1. The van der Waals surface area contributed by atoms with E-state index in [4.69, 9.17) is 0 Å². The van der Waals surface area contributed by atoms with Crippen molar-refractivity contribution >= 4 is 11.5 Å². The molecule has 0 unspecified atom stereocenters. The molecule has 0 amide bonds. The molecule has 4 aromatic heterocycles. The highest BCUT2D eigenvalue weighted by Crippen LogP contribution is 2.18. The van der Waals surface area contributed by atoms with Crippen LogP contribution in [-0.4, -0.2) is 34.3 Å². The van der Waals surface area contributed by atoms with E-state index in [1.54, 1.807) is 17.1 Å². The van der Waals surface area contributed by atoms with Gasteiger partial charge in [-0.2, -0.15) is 5.10 Å². The van der Waals surface area contributed by atoms with Gasteiger partial charge in [-0.15, -0.1) is 10.2 Å². The van der Waals surface area contributed by atoms with E-state index >= 15 is 0 Å². The van der Waals surface area contributed by atoms with Gasteiger partial charge >= 0.3 is 0 Å². The maximum Gasteiger partial charge on any atom is 0.174 e. The highest BCUT2D eigenvalue weighted by atomic mass is 15.3. The number of aromatic nitrogens is 7. The zero-order valence-corrected chi connectivity index (χ0v) is 14.2. The van der Waals surface area contributed by atoms with Crippen LogP contribution in [0.3, 0.4) is 0 Å². The highest BCUT2D eigenvalue weighted by Gasteiger charge is 2.14.